The van der Waals surface area contributed by atoms with Crippen molar-refractivity contribution in [3.63, 3.8) is 0 Å². The van der Waals surface area contributed by atoms with E-state index in [-0.39, 0.29) is 18.3 Å². The summed E-state index contributed by atoms with van der Waals surface area (Å²) in [5, 5.41) is 13.8. The first-order chi connectivity index (χ1) is 14.4. The molecule has 2 N–H and O–H groups in total. The number of anilines is 2. The fourth-order valence-corrected chi connectivity index (χ4v) is 4.51. The van der Waals surface area contributed by atoms with E-state index in [2.05, 4.69) is 15.3 Å². The van der Waals surface area contributed by atoms with Gasteiger partial charge >= 0.3 is 0 Å². The molecule has 0 fully saturated rings. The second kappa shape index (κ2) is 8.71. The number of nitrogens with one attached hydrogen (secondary N) is 1. The van der Waals surface area contributed by atoms with Gasteiger partial charge in [0.15, 0.2) is 10.9 Å². The van der Waals surface area contributed by atoms with Crippen LogP contribution in [0.4, 0.5) is 11.1 Å². The van der Waals surface area contributed by atoms with Gasteiger partial charge in [-0.05, 0) is 55.2 Å². The molecule has 0 spiro atoms. The number of Topliss-reactive ketones (excluding diaryl/α,β-unsaturated/α-hetero) is 1. The maximum Gasteiger partial charge on any atom is 0.209 e. The van der Waals surface area contributed by atoms with E-state index >= 15 is 0 Å². The number of ketones is 1. The third-order valence-electron chi connectivity index (χ3n) is 5.18. The topological polar surface area (TPSA) is 80.0 Å². The maximum atomic E-state index is 12.5. The molecule has 4 rings (SSSR count). The highest BCUT2D eigenvalue weighted by Crippen LogP contribution is 2.31. The van der Waals surface area contributed by atoms with Gasteiger partial charge in [0.05, 0.1) is 21.3 Å². The van der Waals surface area contributed by atoms with E-state index in [1.165, 1.54) is 11.3 Å². The monoisotopic (exact) mass is 442 g/mol. The van der Waals surface area contributed by atoms with Gasteiger partial charge in [0.25, 0.3) is 0 Å². The molecular weight excluding hydrogens is 420 g/mol. The Morgan fingerprint density at radius 1 is 1.23 bits per heavy atom. The number of benzene rings is 2. The molecule has 30 heavy (non-hydrogen) atoms. The van der Waals surface area contributed by atoms with Crippen LogP contribution in [-0.2, 0) is 7.05 Å². The van der Waals surface area contributed by atoms with Crippen LogP contribution in [0.1, 0.15) is 36.5 Å². The minimum absolute atomic E-state index is 0.102. The van der Waals surface area contributed by atoms with Gasteiger partial charge in [0.2, 0.25) is 5.95 Å². The molecule has 0 aliphatic carbocycles. The Morgan fingerprint density at radius 3 is 2.87 bits per heavy atom. The number of aromatic nitrogens is 3. The van der Waals surface area contributed by atoms with Gasteiger partial charge in [-0.2, -0.15) is 0 Å². The highest BCUT2D eigenvalue weighted by atomic mass is 35.5. The zero-order chi connectivity index (χ0) is 21.3. The van der Waals surface area contributed by atoms with Crippen molar-refractivity contribution in [1.29, 1.82) is 0 Å². The lowest BCUT2D eigenvalue weighted by molar-refractivity contribution is 0.0976. The molecule has 2 aromatic carbocycles. The molecule has 0 saturated heterocycles. The molecule has 156 valence electrons. The minimum atomic E-state index is 0.102. The van der Waals surface area contributed by atoms with Gasteiger partial charge in [-0.15, -0.1) is 0 Å². The molecule has 2 heterocycles. The van der Waals surface area contributed by atoms with Crippen LogP contribution in [0.2, 0.25) is 5.02 Å². The summed E-state index contributed by atoms with van der Waals surface area (Å²) >= 11 is 7.58. The summed E-state index contributed by atoms with van der Waals surface area (Å²) in [5.74, 6) is 0.991. The fourth-order valence-electron chi connectivity index (χ4n) is 3.38. The average Bonchev–Trinajstić information content (AvgIpc) is 3.27. The van der Waals surface area contributed by atoms with E-state index in [9.17, 15) is 4.79 Å². The summed E-state index contributed by atoms with van der Waals surface area (Å²) in [6, 6.07) is 11.2. The van der Waals surface area contributed by atoms with E-state index in [0.29, 0.717) is 23.0 Å². The normalized spacial score (nSPS) is 12.5. The second-order valence-electron chi connectivity index (χ2n) is 7.56. The first kappa shape index (κ1) is 20.8. The number of thiazole rings is 1. The lowest BCUT2D eigenvalue weighted by Crippen LogP contribution is -2.04. The number of aliphatic hydroxyl groups excluding tert-OH is 1. The molecular formula is C22H23ClN4O2S. The van der Waals surface area contributed by atoms with Crippen molar-refractivity contribution in [3.05, 3.63) is 47.0 Å². The van der Waals surface area contributed by atoms with Crippen LogP contribution in [0.25, 0.3) is 21.3 Å². The van der Waals surface area contributed by atoms with Crippen molar-refractivity contribution in [3.8, 4) is 0 Å². The summed E-state index contributed by atoms with van der Waals surface area (Å²) < 4.78 is 2.96. The molecule has 1 atom stereocenters. The average molecular weight is 443 g/mol. The molecule has 2 aromatic heterocycles. The molecule has 8 heteroatoms. The van der Waals surface area contributed by atoms with Gasteiger partial charge in [0.1, 0.15) is 0 Å². The van der Waals surface area contributed by atoms with Crippen LogP contribution in [0, 0.1) is 5.92 Å². The number of hydrogen-bond acceptors (Lipinski definition) is 6. The van der Waals surface area contributed by atoms with E-state index in [1.807, 2.05) is 54.9 Å². The van der Waals surface area contributed by atoms with E-state index in [4.69, 9.17) is 16.7 Å². The van der Waals surface area contributed by atoms with Crippen LogP contribution in [0.3, 0.4) is 0 Å². The largest absolute Gasteiger partial charge is 0.396 e. The zero-order valence-electron chi connectivity index (χ0n) is 16.9. The molecule has 6 nitrogen and oxygen atoms in total. The van der Waals surface area contributed by atoms with Crippen LogP contribution < -0.4 is 5.32 Å². The Bertz CT molecular complexity index is 1220. The van der Waals surface area contributed by atoms with Crippen molar-refractivity contribution in [1.82, 2.24) is 14.5 Å². The number of halogens is 1. The smallest absolute Gasteiger partial charge is 0.209 e. The third-order valence-corrected chi connectivity index (χ3v) is 6.35. The van der Waals surface area contributed by atoms with Crippen molar-refractivity contribution in [2.45, 2.75) is 26.2 Å². The SMILES string of the molecule is C[C@@H](CO)CCCC(=O)c1ccc2c(c1)nc(Nc1nc3ccc(Cl)cc3s1)n2C. The first-order valence-electron chi connectivity index (χ1n) is 9.88. The number of hydrogen-bond donors (Lipinski definition) is 2. The molecule has 4 aromatic rings. The van der Waals surface area contributed by atoms with Crippen molar-refractivity contribution in [2.24, 2.45) is 13.0 Å². The fraction of sp³-hybridized carbons (Fsp3) is 0.318. The van der Waals surface area contributed by atoms with Crippen LogP contribution >= 0.6 is 22.9 Å². The van der Waals surface area contributed by atoms with Gasteiger partial charge in [-0.1, -0.05) is 29.9 Å². The predicted molar refractivity (Wildman–Crippen MR) is 123 cm³/mol. The summed E-state index contributed by atoms with van der Waals surface area (Å²) in [5.41, 5.74) is 3.25. The lowest BCUT2D eigenvalue weighted by Gasteiger charge is -2.06. The summed E-state index contributed by atoms with van der Waals surface area (Å²) in [6.07, 6.45) is 2.09. The van der Waals surface area contributed by atoms with Crippen LogP contribution in [0.15, 0.2) is 36.4 Å². The first-order valence-corrected chi connectivity index (χ1v) is 11.1. The number of nitrogens with zero attached hydrogens (tertiary/aromatic N) is 3. The Labute approximate surface area is 183 Å². The number of rotatable bonds is 8. The summed E-state index contributed by atoms with van der Waals surface area (Å²) in [4.78, 5) is 21.8. The molecule has 0 aliphatic rings. The number of carbonyl (C=O) groups excluding carboxylic acids is 1. The summed E-state index contributed by atoms with van der Waals surface area (Å²) in [7, 11) is 1.93. The van der Waals surface area contributed by atoms with Gasteiger partial charge in [0, 0.05) is 30.7 Å². The predicted octanol–water partition coefficient (Wildman–Crippen LogP) is 5.56. The Kier molecular flexibility index (Phi) is 6.04. The number of carbonyl (C=O) groups is 1. The molecule has 0 aliphatic heterocycles. The second-order valence-corrected chi connectivity index (χ2v) is 9.02. The van der Waals surface area contributed by atoms with Crippen molar-refractivity contribution in [2.75, 3.05) is 11.9 Å². The molecule has 0 amide bonds. The molecule has 0 radical (unpaired) electrons. The zero-order valence-corrected chi connectivity index (χ0v) is 18.4. The minimum Gasteiger partial charge on any atom is -0.396 e. The van der Waals surface area contributed by atoms with Gasteiger partial charge in [-0.3, -0.25) is 4.79 Å². The van der Waals surface area contributed by atoms with Crippen molar-refractivity contribution < 1.29 is 9.90 Å². The Morgan fingerprint density at radius 2 is 2.07 bits per heavy atom. The van der Waals surface area contributed by atoms with E-state index in [0.717, 1.165) is 39.2 Å². The number of aryl methyl sites for hydroxylation is 1. The van der Waals surface area contributed by atoms with E-state index < -0.39 is 0 Å². The molecule has 0 unspecified atom stereocenters. The number of imidazole rings is 1. The highest BCUT2D eigenvalue weighted by Gasteiger charge is 2.14. The highest BCUT2D eigenvalue weighted by molar-refractivity contribution is 7.22. The van der Waals surface area contributed by atoms with Gasteiger partial charge < -0.3 is 15.0 Å². The van der Waals surface area contributed by atoms with Crippen LogP contribution in [0.5, 0.6) is 0 Å². The quantitative estimate of drug-likeness (QED) is 0.349. The summed E-state index contributed by atoms with van der Waals surface area (Å²) in [6.45, 7) is 2.14. The molecule has 0 saturated carbocycles. The Hall–Kier alpha value is -2.48. The van der Waals surface area contributed by atoms with Gasteiger partial charge in [-0.25, -0.2) is 9.97 Å². The number of aliphatic hydroxyl groups is 1. The number of fused-ring (bicyclic) bond motifs is 2. The Balaban J connectivity index is 1.53. The van der Waals surface area contributed by atoms with Crippen molar-refractivity contribution >= 4 is 61.1 Å². The standard InChI is InChI=1S/C22H23ClN4O2S/c1-13(12-28)4-3-5-19(29)14-6-9-18-17(10-14)24-21(27(18)2)26-22-25-16-8-7-15(23)11-20(16)30-22/h6-11,13,28H,3-5,12H2,1-2H3,(H,24,25,26)/t13-/m1/s1. The van der Waals surface area contributed by atoms with E-state index in [1.54, 1.807) is 0 Å². The van der Waals surface area contributed by atoms with Crippen LogP contribution in [-0.4, -0.2) is 32.0 Å². The molecule has 0 bridgehead atoms. The lowest BCUT2D eigenvalue weighted by atomic mass is 10.0. The maximum absolute atomic E-state index is 12.5. The third kappa shape index (κ3) is 4.33.